The third kappa shape index (κ3) is 10.4. The van der Waals surface area contributed by atoms with Crippen LogP contribution in [-0.4, -0.2) is 35.9 Å². The number of esters is 2. The molecule has 0 saturated heterocycles. The van der Waals surface area contributed by atoms with Crippen LogP contribution in [0.1, 0.15) is 24.0 Å². The standard InChI is InChI=1S/C22H25NO5S/c24-20(23-15-22(26)28-17-19-9-5-2-6-10-19)11-13-29-14-12-21(25)27-16-18-7-3-1-4-8-18/h1-10H,11-17H2,(H,23,24). The van der Waals surface area contributed by atoms with Crippen molar-refractivity contribution in [3.8, 4) is 0 Å². The van der Waals surface area contributed by atoms with Gasteiger partial charge in [0.05, 0.1) is 6.42 Å². The summed E-state index contributed by atoms with van der Waals surface area (Å²) in [6.45, 7) is 0.307. The second-order valence-electron chi connectivity index (χ2n) is 6.18. The third-order valence-corrected chi connectivity index (χ3v) is 4.82. The minimum Gasteiger partial charge on any atom is -0.461 e. The van der Waals surface area contributed by atoms with Gasteiger partial charge >= 0.3 is 11.9 Å². The van der Waals surface area contributed by atoms with Crippen LogP contribution in [0.2, 0.25) is 0 Å². The van der Waals surface area contributed by atoms with Gasteiger partial charge < -0.3 is 14.8 Å². The van der Waals surface area contributed by atoms with Crippen LogP contribution in [-0.2, 0) is 37.1 Å². The molecule has 0 aliphatic rings. The Bertz CT molecular complexity index is 767. The van der Waals surface area contributed by atoms with Crippen molar-refractivity contribution < 1.29 is 23.9 Å². The summed E-state index contributed by atoms with van der Waals surface area (Å²) in [4.78, 5) is 35.1. The van der Waals surface area contributed by atoms with Gasteiger partial charge in [-0.05, 0) is 11.1 Å². The molecule has 0 saturated carbocycles. The zero-order valence-corrected chi connectivity index (χ0v) is 17.0. The quantitative estimate of drug-likeness (QED) is 0.424. The van der Waals surface area contributed by atoms with E-state index in [1.54, 1.807) is 0 Å². The fourth-order valence-electron chi connectivity index (χ4n) is 2.28. The number of hydrogen-bond acceptors (Lipinski definition) is 6. The Morgan fingerprint density at radius 3 is 1.83 bits per heavy atom. The predicted molar refractivity (Wildman–Crippen MR) is 112 cm³/mol. The van der Waals surface area contributed by atoms with Gasteiger partial charge in [0.15, 0.2) is 0 Å². The molecule has 154 valence electrons. The number of ether oxygens (including phenoxy) is 2. The molecule has 2 rings (SSSR count). The van der Waals surface area contributed by atoms with Crippen molar-refractivity contribution in [1.29, 1.82) is 0 Å². The SMILES string of the molecule is O=C(CCSCCC(=O)OCc1ccccc1)NCC(=O)OCc1ccccc1. The van der Waals surface area contributed by atoms with Gasteiger partial charge in [0, 0.05) is 17.9 Å². The number of carbonyl (C=O) groups is 3. The van der Waals surface area contributed by atoms with Crippen molar-refractivity contribution in [2.24, 2.45) is 0 Å². The Balaban J connectivity index is 1.46. The Hall–Kier alpha value is -2.80. The number of amides is 1. The maximum absolute atomic E-state index is 11.8. The second kappa shape index (κ2) is 13.4. The molecule has 0 aliphatic heterocycles. The normalized spacial score (nSPS) is 10.2. The summed E-state index contributed by atoms with van der Waals surface area (Å²) in [6, 6.07) is 18.8. The van der Waals surface area contributed by atoms with E-state index >= 15 is 0 Å². The molecule has 0 fully saturated rings. The fourth-order valence-corrected chi connectivity index (χ4v) is 3.13. The molecule has 0 atom stereocenters. The lowest BCUT2D eigenvalue weighted by molar-refractivity contribution is -0.145. The molecule has 29 heavy (non-hydrogen) atoms. The Morgan fingerprint density at radius 1 is 0.724 bits per heavy atom. The summed E-state index contributed by atoms with van der Waals surface area (Å²) in [7, 11) is 0. The molecule has 1 N–H and O–H groups in total. The average Bonchev–Trinajstić information content (AvgIpc) is 2.76. The van der Waals surface area contributed by atoms with E-state index in [9.17, 15) is 14.4 Å². The summed E-state index contributed by atoms with van der Waals surface area (Å²) in [5.41, 5.74) is 1.85. The van der Waals surface area contributed by atoms with E-state index in [4.69, 9.17) is 9.47 Å². The lowest BCUT2D eigenvalue weighted by Crippen LogP contribution is -2.30. The molecular formula is C22H25NO5S. The minimum absolute atomic E-state index is 0.151. The van der Waals surface area contributed by atoms with E-state index in [0.29, 0.717) is 17.9 Å². The number of thioether (sulfide) groups is 1. The summed E-state index contributed by atoms with van der Waals surface area (Å²) in [5.74, 6) is 0.195. The largest absolute Gasteiger partial charge is 0.461 e. The van der Waals surface area contributed by atoms with Crippen LogP contribution in [0.3, 0.4) is 0 Å². The highest BCUT2D eigenvalue weighted by Gasteiger charge is 2.08. The Morgan fingerprint density at radius 2 is 1.24 bits per heavy atom. The molecule has 1 amide bonds. The zero-order valence-electron chi connectivity index (χ0n) is 16.2. The maximum Gasteiger partial charge on any atom is 0.325 e. The van der Waals surface area contributed by atoms with Crippen LogP contribution in [0.5, 0.6) is 0 Å². The molecule has 0 unspecified atom stereocenters. The van der Waals surface area contributed by atoms with Gasteiger partial charge in [-0.2, -0.15) is 11.8 Å². The average molecular weight is 416 g/mol. The first-order valence-corrected chi connectivity index (χ1v) is 10.5. The molecule has 0 bridgehead atoms. The van der Waals surface area contributed by atoms with Crippen LogP contribution in [0.4, 0.5) is 0 Å². The molecule has 0 aliphatic carbocycles. The molecule has 0 radical (unpaired) electrons. The summed E-state index contributed by atoms with van der Waals surface area (Å²) >= 11 is 1.50. The van der Waals surface area contributed by atoms with Gasteiger partial charge in [-0.1, -0.05) is 60.7 Å². The molecule has 0 spiro atoms. The highest BCUT2D eigenvalue weighted by molar-refractivity contribution is 7.99. The second-order valence-corrected chi connectivity index (χ2v) is 7.41. The van der Waals surface area contributed by atoms with Crippen LogP contribution in [0, 0.1) is 0 Å². The molecule has 0 aromatic heterocycles. The number of carbonyl (C=O) groups excluding carboxylic acids is 3. The summed E-state index contributed by atoms with van der Waals surface area (Å²) < 4.78 is 10.3. The molecule has 2 aromatic rings. The van der Waals surface area contributed by atoms with Crippen LogP contribution < -0.4 is 5.32 Å². The first-order valence-electron chi connectivity index (χ1n) is 9.37. The summed E-state index contributed by atoms with van der Waals surface area (Å²) in [5, 5.41) is 2.54. The predicted octanol–water partition coefficient (Wildman–Crippen LogP) is 3.10. The van der Waals surface area contributed by atoms with E-state index in [-0.39, 0.29) is 38.1 Å². The lowest BCUT2D eigenvalue weighted by atomic mass is 10.2. The minimum atomic E-state index is -0.476. The number of hydrogen-bond donors (Lipinski definition) is 1. The third-order valence-electron chi connectivity index (χ3n) is 3.84. The molecule has 6 nitrogen and oxygen atoms in total. The topological polar surface area (TPSA) is 81.7 Å². The Labute approximate surface area is 175 Å². The highest BCUT2D eigenvalue weighted by atomic mass is 32.2. The van der Waals surface area contributed by atoms with E-state index in [0.717, 1.165) is 11.1 Å². The first-order chi connectivity index (χ1) is 14.1. The van der Waals surface area contributed by atoms with Gasteiger partial charge in [-0.3, -0.25) is 14.4 Å². The van der Waals surface area contributed by atoms with Crippen molar-refractivity contribution in [2.75, 3.05) is 18.1 Å². The number of rotatable bonds is 12. The monoisotopic (exact) mass is 415 g/mol. The van der Waals surface area contributed by atoms with Gasteiger partial charge in [0.25, 0.3) is 0 Å². The van der Waals surface area contributed by atoms with Gasteiger partial charge in [-0.25, -0.2) is 0 Å². The smallest absolute Gasteiger partial charge is 0.325 e. The highest BCUT2D eigenvalue weighted by Crippen LogP contribution is 2.07. The van der Waals surface area contributed by atoms with Crippen molar-refractivity contribution in [3.05, 3.63) is 71.8 Å². The van der Waals surface area contributed by atoms with Crippen molar-refractivity contribution in [3.63, 3.8) is 0 Å². The molecule has 0 heterocycles. The van der Waals surface area contributed by atoms with Crippen molar-refractivity contribution >= 4 is 29.6 Å². The van der Waals surface area contributed by atoms with Crippen molar-refractivity contribution in [2.45, 2.75) is 26.1 Å². The Kier molecular flexibility index (Phi) is 10.4. The molecule has 7 heteroatoms. The first kappa shape index (κ1) is 22.5. The fraction of sp³-hybridized carbons (Fsp3) is 0.318. The van der Waals surface area contributed by atoms with Gasteiger partial charge in [-0.15, -0.1) is 0 Å². The van der Waals surface area contributed by atoms with Crippen molar-refractivity contribution in [1.82, 2.24) is 5.32 Å². The zero-order chi connectivity index (χ0) is 20.7. The number of benzene rings is 2. The lowest BCUT2D eigenvalue weighted by Gasteiger charge is -2.07. The van der Waals surface area contributed by atoms with Crippen LogP contribution in [0.15, 0.2) is 60.7 Å². The molecule has 2 aromatic carbocycles. The van der Waals surface area contributed by atoms with E-state index in [1.807, 2.05) is 60.7 Å². The maximum atomic E-state index is 11.8. The van der Waals surface area contributed by atoms with Crippen LogP contribution >= 0.6 is 11.8 Å². The van der Waals surface area contributed by atoms with Gasteiger partial charge in [0.2, 0.25) is 5.91 Å². The number of nitrogens with one attached hydrogen (secondary N) is 1. The van der Waals surface area contributed by atoms with Gasteiger partial charge in [0.1, 0.15) is 19.8 Å². The summed E-state index contributed by atoms with van der Waals surface area (Å²) in [6.07, 6.45) is 0.570. The van der Waals surface area contributed by atoms with Crippen LogP contribution in [0.25, 0.3) is 0 Å². The molecular weight excluding hydrogens is 390 g/mol. The van der Waals surface area contributed by atoms with E-state index in [2.05, 4.69) is 5.32 Å². The van der Waals surface area contributed by atoms with E-state index < -0.39 is 5.97 Å². The van der Waals surface area contributed by atoms with E-state index in [1.165, 1.54) is 11.8 Å².